The molecule has 0 aliphatic heterocycles. The highest BCUT2D eigenvalue weighted by molar-refractivity contribution is 5.54. The predicted octanol–water partition coefficient (Wildman–Crippen LogP) is 4.64. The molecule has 0 heterocycles. The van der Waals surface area contributed by atoms with Gasteiger partial charge < -0.3 is 5.32 Å². The fourth-order valence-electron chi connectivity index (χ4n) is 1.60. The standard InChI is InChI=1S/C15H19F4N/c1-10(9-20-14(2,3)4)5-11-6-12(15(17,18)19)8-13(16)7-11/h5-8,20H,9H2,1-4H3/b10-5-. The monoisotopic (exact) mass is 289 g/mol. The number of nitrogens with one attached hydrogen (secondary N) is 1. The van der Waals surface area contributed by atoms with Crippen molar-refractivity contribution in [2.45, 2.75) is 39.4 Å². The van der Waals surface area contributed by atoms with Crippen molar-refractivity contribution in [1.29, 1.82) is 0 Å². The zero-order chi connectivity index (χ0) is 15.6. The summed E-state index contributed by atoms with van der Waals surface area (Å²) >= 11 is 0. The molecule has 0 bridgehead atoms. The van der Waals surface area contributed by atoms with E-state index in [1.165, 1.54) is 0 Å². The number of benzene rings is 1. The van der Waals surface area contributed by atoms with E-state index in [-0.39, 0.29) is 11.1 Å². The summed E-state index contributed by atoms with van der Waals surface area (Å²) in [5.74, 6) is -0.886. The van der Waals surface area contributed by atoms with Crippen molar-refractivity contribution in [2.75, 3.05) is 6.54 Å². The second kappa shape index (κ2) is 5.95. The first-order valence-corrected chi connectivity index (χ1v) is 6.27. The van der Waals surface area contributed by atoms with Crippen molar-refractivity contribution in [2.24, 2.45) is 0 Å². The number of halogens is 4. The molecular weight excluding hydrogens is 270 g/mol. The number of hydrogen-bond acceptors (Lipinski definition) is 1. The minimum atomic E-state index is -4.54. The van der Waals surface area contributed by atoms with Crippen LogP contribution in [0.3, 0.4) is 0 Å². The molecule has 112 valence electrons. The normalized spacial score (nSPS) is 13.7. The summed E-state index contributed by atoms with van der Waals surface area (Å²) in [4.78, 5) is 0. The highest BCUT2D eigenvalue weighted by Gasteiger charge is 2.31. The highest BCUT2D eigenvalue weighted by atomic mass is 19.4. The molecule has 0 aliphatic carbocycles. The van der Waals surface area contributed by atoms with Gasteiger partial charge in [0, 0.05) is 12.1 Å². The molecule has 0 saturated carbocycles. The average Bonchev–Trinajstić information content (AvgIpc) is 2.23. The van der Waals surface area contributed by atoms with Crippen LogP contribution >= 0.6 is 0 Å². The van der Waals surface area contributed by atoms with Crippen LogP contribution in [0.4, 0.5) is 17.6 Å². The van der Waals surface area contributed by atoms with Gasteiger partial charge in [0.05, 0.1) is 5.56 Å². The minimum Gasteiger partial charge on any atom is -0.308 e. The van der Waals surface area contributed by atoms with Gasteiger partial charge in [-0.05, 0) is 51.5 Å². The zero-order valence-electron chi connectivity index (χ0n) is 12.0. The van der Waals surface area contributed by atoms with E-state index in [2.05, 4.69) is 5.32 Å². The maximum Gasteiger partial charge on any atom is 0.416 e. The van der Waals surface area contributed by atoms with Crippen LogP contribution < -0.4 is 5.32 Å². The van der Waals surface area contributed by atoms with E-state index < -0.39 is 17.6 Å². The van der Waals surface area contributed by atoms with Gasteiger partial charge in [0.15, 0.2) is 0 Å². The van der Waals surface area contributed by atoms with E-state index >= 15 is 0 Å². The van der Waals surface area contributed by atoms with Crippen molar-refractivity contribution >= 4 is 6.08 Å². The summed E-state index contributed by atoms with van der Waals surface area (Å²) in [6.07, 6.45) is -2.99. The number of rotatable bonds is 3. The third-order valence-electron chi connectivity index (χ3n) is 2.56. The molecule has 1 aromatic carbocycles. The molecule has 0 radical (unpaired) electrons. The van der Waals surface area contributed by atoms with E-state index in [9.17, 15) is 17.6 Å². The molecule has 1 N–H and O–H groups in total. The van der Waals surface area contributed by atoms with Crippen LogP contribution in [-0.4, -0.2) is 12.1 Å². The van der Waals surface area contributed by atoms with Gasteiger partial charge in [0.2, 0.25) is 0 Å². The quantitative estimate of drug-likeness (QED) is 0.800. The lowest BCUT2D eigenvalue weighted by atomic mass is 10.1. The smallest absolute Gasteiger partial charge is 0.308 e. The Balaban J connectivity index is 2.94. The minimum absolute atomic E-state index is 0.0891. The topological polar surface area (TPSA) is 12.0 Å². The van der Waals surface area contributed by atoms with E-state index in [0.717, 1.165) is 17.7 Å². The molecule has 0 saturated heterocycles. The lowest BCUT2D eigenvalue weighted by Crippen LogP contribution is -2.36. The summed E-state index contributed by atoms with van der Waals surface area (Å²) < 4.78 is 51.0. The van der Waals surface area contributed by atoms with Gasteiger partial charge in [0.25, 0.3) is 0 Å². The summed E-state index contributed by atoms with van der Waals surface area (Å²) in [6.45, 7) is 8.29. The lowest BCUT2D eigenvalue weighted by Gasteiger charge is -2.20. The van der Waals surface area contributed by atoms with Gasteiger partial charge in [-0.25, -0.2) is 4.39 Å². The molecule has 0 aromatic heterocycles. The lowest BCUT2D eigenvalue weighted by molar-refractivity contribution is -0.137. The molecule has 20 heavy (non-hydrogen) atoms. The van der Waals surface area contributed by atoms with E-state index in [1.807, 2.05) is 20.8 Å². The molecule has 1 aromatic rings. The Kier molecular flexibility index (Phi) is 4.97. The second-order valence-electron chi connectivity index (χ2n) is 5.87. The van der Waals surface area contributed by atoms with Crippen LogP contribution in [0, 0.1) is 5.82 Å². The zero-order valence-corrected chi connectivity index (χ0v) is 12.0. The van der Waals surface area contributed by atoms with E-state index in [0.29, 0.717) is 12.6 Å². The number of alkyl halides is 3. The third kappa shape index (κ3) is 5.74. The molecule has 0 spiro atoms. The maximum absolute atomic E-state index is 13.2. The molecule has 0 aliphatic rings. The fraction of sp³-hybridized carbons (Fsp3) is 0.467. The van der Waals surface area contributed by atoms with Gasteiger partial charge in [-0.1, -0.05) is 11.6 Å². The van der Waals surface area contributed by atoms with Crippen LogP contribution in [0.15, 0.2) is 23.8 Å². The van der Waals surface area contributed by atoms with Crippen LogP contribution in [-0.2, 0) is 6.18 Å². The largest absolute Gasteiger partial charge is 0.416 e. The van der Waals surface area contributed by atoms with E-state index in [4.69, 9.17) is 0 Å². The van der Waals surface area contributed by atoms with Gasteiger partial charge in [-0.3, -0.25) is 0 Å². The molecule has 0 atom stereocenters. The van der Waals surface area contributed by atoms with Crippen LogP contribution in [0.25, 0.3) is 6.08 Å². The molecule has 0 amide bonds. The maximum atomic E-state index is 13.2. The summed E-state index contributed by atoms with van der Waals surface area (Å²) in [6, 6.07) is 2.54. The Hall–Kier alpha value is -1.36. The Morgan fingerprint density at radius 1 is 1.15 bits per heavy atom. The molecule has 0 fully saturated rings. The summed E-state index contributed by atoms with van der Waals surface area (Å²) in [7, 11) is 0. The highest BCUT2D eigenvalue weighted by Crippen LogP contribution is 2.30. The van der Waals surface area contributed by atoms with Crippen LogP contribution in [0.1, 0.15) is 38.8 Å². The summed E-state index contributed by atoms with van der Waals surface area (Å²) in [5, 5.41) is 3.22. The van der Waals surface area contributed by atoms with Crippen molar-refractivity contribution in [3.05, 3.63) is 40.7 Å². The Bertz CT molecular complexity index is 496. The second-order valence-corrected chi connectivity index (χ2v) is 5.87. The van der Waals surface area contributed by atoms with Gasteiger partial charge in [-0.15, -0.1) is 0 Å². The molecule has 1 nitrogen and oxygen atoms in total. The first-order chi connectivity index (χ1) is 8.97. The van der Waals surface area contributed by atoms with E-state index in [1.54, 1.807) is 13.0 Å². The third-order valence-corrected chi connectivity index (χ3v) is 2.56. The molecule has 5 heteroatoms. The van der Waals surface area contributed by atoms with Crippen LogP contribution in [0.2, 0.25) is 0 Å². The van der Waals surface area contributed by atoms with Crippen molar-refractivity contribution in [3.63, 3.8) is 0 Å². The van der Waals surface area contributed by atoms with Crippen LogP contribution in [0.5, 0.6) is 0 Å². The average molecular weight is 289 g/mol. The first kappa shape index (κ1) is 16.7. The molecule has 1 rings (SSSR count). The Morgan fingerprint density at radius 3 is 2.25 bits per heavy atom. The molecular formula is C15H19F4N. The Labute approximate surface area is 116 Å². The number of hydrogen-bond donors (Lipinski definition) is 1. The fourth-order valence-corrected chi connectivity index (χ4v) is 1.60. The van der Waals surface area contributed by atoms with Crippen molar-refractivity contribution in [3.8, 4) is 0 Å². The van der Waals surface area contributed by atoms with Gasteiger partial charge in [0.1, 0.15) is 5.82 Å². The van der Waals surface area contributed by atoms with Crippen molar-refractivity contribution in [1.82, 2.24) is 5.32 Å². The summed E-state index contributed by atoms with van der Waals surface area (Å²) in [5.41, 5.74) is -0.0155. The SMILES string of the molecule is C/C(=C/c1cc(F)cc(C(F)(F)F)c1)CNC(C)(C)C. The molecule has 0 unspecified atom stereocenters. The van der Waals surface area contributed by atoms with Gasteiger partial charge in [-0.2, -0.15) is 13.2 Å². The predicted molar refractivity (Wildman–Crippen MR) is 72.8 cm³/mol. The first-order valence-electron chi connectivity index (χ1n) is 6.27. The van der Waals surface area contributed by atoms with Crippen molar-refractivity contribution < 1.29 is 17.6 Å². The Morgan fingerprint density at radius 2 is 1.75 bits per heavy atom. The van der Waals surface area contributed by atoms with Gasteiger partial charge >= 0.3 is 6.18 Å².